The minimum atomic E-state index is -0.355. The summed E-state index contributed by atoms with van der Waals surface area (Å²) in [7, 11) is 3.14. The molecule has 0 unspecified atom stereocenters. The van der Waals surface area contributed by atoms with Crippen LogP contribution in [0, 0.1) is 0 Å². The summed E-state index contributed by atoms with van der Waals surface area (Å²) in [6.07, 6.45) is 1.51. The Labute approximate surface area is 157 Å². The minimum Gasteiger partial charge on any atom is -0.497 e. The first-order valence-corrected chi connectivity index (χ1v) is 8.35. The first kappa shape index (κ1) is 18.3. The smallest absolute Gasteiger partial charge is 0.277 e. The van der Waals surface area contributed by atoms with E-state index in [0.29, 0.717) is 22.8 Å². The van der Waals surface area contributed by atoms with Crippen molar-refractivity contribution in [3.63, 3.8) is 0 Å². The fraction of sp³-hybridized carbons (Fsp3) is 0.143. The van der Waals surface area contributed by atoms with Gasteiger partial charge >= 0.3 is 0 Å². The van der Waals surface area contributed by atoms with Gasteiger partial charge in [-0.1, -0.05) is 30.3 Å². The third-order valence-electron chi connectivity index (χ3n) is 3.92. The van der Waals surface area contributed by atoms with Gasteiger partial charge in [0.25, 0.3) is 5.91 Å². The molecule has 0 aliphatic carbocycles. The molecule has 6 nitrogen and oxygen atoms in total. The van der Waals surface area contributed by atoms with Crippen molar-refractivity contribution in [1.29, 1.82) is 0 Å². The fourth-order valence-corrected chi connectivity index (χ4v) is 2.54. The maximum absolute atomic E-state index is 11.9. The number of hydrogen-bond acceptors (Lipinski definition) is 5. The van der Waals surface area contributed by atoms with E-state index in [1.54, 1.807) is 32.4 Å². The highest BCUT2D eigenvalue weighted by Gasteiger charge is 2.05. The lowest BCUT2D eigenvalue weighted by molar-refractivity contribution is -0.123. The first-order valence-electron chi connectivity index (χ1n) is 8.35. The molecule has 0 fully saturated rings. The molecule has 27 heavy (non-hydrogen) atoms. The lowest BCUT2D eigenvalue weighted by Crippen LogP contribution is -2.24. The van der Waals surface area contributed by atoms with Crippen LogP contribution >= 0.6 is 0 Å². The van der Waals surface area contributed by atoms with Crippen molar-refractivity contribution in [3.05, 3.63) is 66.2 Å². The summed E-state index contributed by atoms with van der Waals surface area (Å²) in [5.74, 6) is 1.55. The normalized spacial score (nSPS) is 10.7. The van der Waals surface area contributed by atoms with Crippen LogP contribution in [0.25, 0.3) is 10.8 Å². The van der Waals surface area contributed by atoms with Crippen LogP contribution in [-0.2, 0) is 4.79 Å². The average Bonchev–Trinajstić information content (AvgIpc) is 2.72. The van der Waals surface area contributed by atoms with Crippen LogP contribution in [0.15, 0.2) is 65.8 Å². The fourth-order valence-electron chi connectivity index (χ4n) is 2.54. The Morgan fingerprint density at radius 2 is 1.74 bits per heavy atom. The number of methoxy groups -OCH3 is 2. The van der Waals surface area contributed by atoms with Gasteiger partial charge in [-0.2, -0.15) is 5.10 Å². The molecule has 0 heterocycles. The molecule has 0 bridgehead atoms. The summed E-state index contributed by atoms with van der Waals surface area (Å²) < 4.78 is 15.9. The number of carbonyl (C=O) groups excluding carboxylic acids is 1. The van der Waals surface area contributed by atoms with Crippen molar-refractivity contribution in [2.45, 2.75) is 0 Å². The van der Waals surface area contributed by atoms with E-state index in [0.717, 1.165) is 10.8 Å². The summed E-state index contributed by atoms with van der Waals surface area (Å²) in [6.45, 7) is -0.130. The average molecular weight is 364 g/mol. The molecule has 0 aliphatic heterocycles. The maximum atomic E-state index is 11.9. The van der Waals surface area contributed by atoms with Crippen molar-refractivity contribution in [1.82, 2.24) is 5.43 Å². The van der Waals surface area contributed by atoms with Gasteiger partial charge < -0.3 is 14.2 Å². The van der Waals surface area contributed by atoms with Gasteiger partial charge in [0, 0.05) is 11.6 Å². The molecule has 6 heteroatoms. The first-order chi connectivity index (χ1) is 13.2. The standard InChI is InChI=1S/C21H20N2O4/c1-25-18-9-8-17(20(12-18)26-2)13-22-23-21(24)14-27-19-10-7-15-5-3-4-6-16(15)11-19/h3-13H,14H2,1-2H3,(H,23,24)/b22-13+. The minimum absolute atomic E-state index is 0.130. The van der Waals surface area contributed by atoms with Crippen molar-refractivity contribution in [2.75, 3.05) is 20.8 Å². The van der Waals surface area contributed by atoms with Gasteiger partial charge in [-0.3, -0.25) is 4.79 Å². The van der Waals surface area contributed by atoms with Gasteiger partial charge in [0.15, 0.2) is 6.61 Å². The molecule has 1 amide bonds. The number of amides is 1. The third-order valence-corrected chi connectivity index (χ3v) is 3.92. The molecule has 0 radical (unpaired) electrons. The second kappa shape index (κ2) is 8.71. The lowest BCUT2D eigenvalue weighted by Gasteiger charge is -2.07. The van der Waals surface area contributed by atoms with Crippen molar-refractivity contribution in [3.8, 4) is 17.2 Å². The van der Waals surface area contributed by atoms with E-state index in [1.807, 2.05) is 42.5 Å². The number of ether oxygens (including phenoxy) is 3. The molecule has 3 rings (SSSR count). The lowest BCUT2D eigenvalue weighted by atomic mass is 10.1. The van der Waals surface area contributed by atoms with E-state index in [1.165, 1.54) is 6.21 Å². The highest BCUT2D eigenvalue weighted by molar-refractivity contribution is 5.86. The quantitative estimate of drug-likeness (QED) is 0.515. The Bertz CT molecular complexity index is 969. The third kappa shape index (κ3) is 4.76. The van der Waals surface area contributed by atoms with Crippen LogP contribution in [0.3, 0.4) is 0 Å². The second-order valence-electron chi connectivity index (χ2n) is 5.70. The van der Waals surface area contributed by atoms with Crippen LogP contribution < -0.4 is 19.6 Å². The highest BCUT2D eigenvalue weighted by atomic mass is 16.5. The highest BCUT2D eigenvalue weighted by Crippen LogP contribution is 2.23. The Morgan fingerprint density at radius 1 is 0.963 bits per heavy atom. The largest absolute Gasteiger partial charge is 0.497 e. The maximum Gasteiger partial charge on any atom is 0.277 e. The number of hydrazone groups is 1. The molecule has 0 saturated carbocycles. The van der Waals surface area contributed by atoms with E-state index >= 15 is 0 Å². The SMILES string of the molecule is COc1ccc(/C=N/NC(=O)COc2ccc3ccccc3c2)c(OC)c1. The molecular formula is C21H20N2O4. The van der Waals surface area contributed by atoms with Crippen LogP contribution in [0.5, 0.6) is 17.2 Å². The van der Waals surface area contributed by atoms with Gasteiger partial charge in [-0.15, -0.1) is 0 Å². The molecule has 0 spiro atoms. The molecule has 1 N–H and O–H groups in total. The van der Waals surface area contributed by atoms with Gasteiger partial charge in [-0.05, 0) is 35.0 Å². The zero-order chi connectivity index (χ0) is 19.1. The predicted molar refractivity (Wildman–Crippen MR) is 105 cm³/mol. The van der Waals surface area contributed by atoms with Crippen LogP contribution in [0.4, 0.5) is 0 Å². The predicted octanol–water partition coefficient (Wildman–Crippen LogP) is 3.39. The van der Waals surface area contributed by atoms with Crippen LogP contribution in [0.1, 0.15) is 5.56 Å². The molecule has 0 saturated heterocycles. The summed E-state index contributed by atoms with van der Waals surface area (Å²) in [5, 5.41) is 6.12. The summed E-state index contributed by atoms with van der Waals surface area (Å²) in [4.78, 5) is 11.9. The van der Waals surface area contributed by atoms with E-state index in [9.17, 15) is 4.79 Å². The molecule has 3 aromatic rings. The number of carbonyl (C=O) groups is 1. The van der Waals surface area contributed by atoms with Crippen LogP contribution in [-0.4, -0.2) is 32.9 Å². The Morgan fingerprint density at radius 3 is 2.52 bits per heavy atom. The number of fused-ring (bicyclic) bond motifs is 1. The topological polar surface area (TPSA) is 69.2 Å². The Hall–Kier alpha value is -3.54. The van der Waals surface area contributed by atoms with Crippen LogP contribution in [0.2, 0.25) is 0 Å². The zero-order valence-electron chi connectivity index (χ0n) is 15.1. The molecule has 0 atom stereocenters. The van der Waals surface area contributed by atoms with Gasteiger partial charge in [-0.25, -0.2) is 5.43 Å². The second-order valence-corrected chi connectivity index (χ2v) is 5.70. The van der Waals surface area contributed by atoms with Gasteiger partial charge in [0.1, 0.15) is 17.2 Å². The summed E-state index contributed by atoms with van der Waals surface area (Å²) in [6, 6.07) is 19.0. The molecular weight excluding hydrogens is 344 g/mol. The number of hydrogen-bond donors (Lipinski definition) is 1. The molecule has 3 aromatic carbocycles. The molecule has 0 aromatic heterocycles. The van der Waals surface area contributed by atoms with E-state index < -0.39 is 0 Å². The molecule has 0 aliphatic rings. The Kier molecular flexibility index (Phi) is 5.89. The van der Waals surface area contributed by atoms with E-state index in [4.69, 9.17) is 14.2 Å². The number of nitrogens with zero attached hydrogens (tertiary/aromatic N) is 1. The zero-order valence-corrected chi connectivity index (χ0v) is 15.1. The number of rotatable bonds is 7. The van der Waals surface area contributed by atoms with Crippen molar-refractivity contribution < 1.29 is 19.0 Å². The van der Waals surface area contributed by atoms with Gasteiger partial charge in [0.05, 0.1) is 20.4 Å². The number of nitrogens with one attached hydrogen (secondary N) is 1. The monoisotopic (exact) mass is 364 g/mol. The Balaban J connectivity index is 1.55. The number of benzene rings is 3. The summed E-state index contributed by atoms with van der Waals surface area (Å²) in [5.41, 5.74) is 3.15. The van der Waals surface area contributed by atoms with Crippen molar-refractivity contribution in [2.24, 2.45) is 5.10 Å². The van der Waals surface area contributed by atoms with Crippen molar-refractivity contribution >= 4 is 22.9 Å². The van der Waals surface area contributed by atoms with E-state index in [2.05, 4.69) is 10.5 Å². The summed E-state index contributed by atoms with van der Waals surface area (Å²) >= 11 is 0. The molecule has 138 valence electrons. The van der Waals surface area contributed by atoms with Gasteiger partial charge in [0.2, 0.25) is 0 Å². The van der Waals surface area contributed by atoms with E-state index in [-0.39, 0.29) is 12.5 Å².